The minimum atomic E-state index is 0.748. The summed E-state index contributed by atoms with van der Waals surface area (Å²) in [6.45, 7) is 13.7. The van der Waals surface area contributed by atoms with Gasteiger partial charge in [-0.3, -0.25) is 0 Å². The molecule has 112 valence electrons. The van der Waals surface area contributed by atoms with E-state index in [1.54, 1.807) is 0 Å². The van der Waals surface area contributed by atoms with Gasteiger partial charge in [0.15, 0.2) is 0 Å². The van der Waals surface area contributed by atoms with E-state index in [1.165, 1.54) is 19.3 Å². The van der Waals surface area contributed by atoms with Crippen LogP contribution in [-0.4, -0.2) is 6.61 Å². The Balaban J connectivity index is 2.26. The summed E-state index contributed by atoms with van der Waals surface area (Å²) in [6, 6.07) is 8.21. The van der Waals surface area contributed by atoms with Gasteiger partial charge in [-0.2, -0.15) is 0 Å². The Morgan fingerprint density at radius 3 is 2.55 bits per heavy atom. The van der Waals surface area contributed by atoms with Crippen LogP contribution < -0.4 is 4.74 Å². The van der Waals surface area contributed by atoms with Crippen LogP contribution in [-0.2, 0) is 0 Å². The molecule has 20 heavy (non-hydrogen) atoms. The van der Waals surface area contributed by atoms with E-state index >= 15 is 0 Å². The number of hydrogen-bond acceptors (Lipinski definition) is 1. The SMILES string of the molecule is C=C(C)c1cccc(OCCC(C)CCCC(C)C)c1. The summed E-state index contributed by atoms with van der Waals surface area (Å²) in [4.78, 5) is 0. The molecule has 0 bridgehead atoms. The van der Waals surface area contributed by atoms with Crippen molar-refractivity contribution in [2.75, 3.05) is 6.61 Å². The summed E-state index contributed by atoms with van der Waals surface area (Å²) < 4.78 is 5.85. The maximum atomic E-state index is 5.85. The zero-order valence-corrected chi connectivity index (χ0v) is 13.6. The van der Waals surface area contributed by atoms with Gasteiger partial charge in [0, 0.05) is 0 Å². The number of benzene rings is 1. The van der Waals surface area contributed by atoms with Crippen LogP contribution in [0, 0.1) is 11.8 Å². The van der Waals surface area contributed by atoms with Crippen LogP contribution in [0.1, 0.15) is 58.9 Å². The third kappa shape index (κ3) is 6.79. The Labute approximate surface area is 125 Å². The number of allylic oxidation sites excluding steroid dienone is 1. The van der Waals surface area contributed by atoms with E-state index < -0.39 is 0 Å². The average molecular weight is 274 g/mol. The van der Waals surface area contributed by atoms with Gasteiger partial charge < -0.3 is 4.74 Å². The van der Waals surface area contributed by atoms with Crippen molar-refractivity contribution in [3.05, 3.63) is 36.4 Å². The first-order chi connectivity index (χ1) is 9.49. The molecule has 0 saturated heterocycles. The number of hydrogen-bond donors (Lipinski definition) is 0. The molecule has 1 aromatic carbocycles. The Morgan fingerprint density at radius 1 is 1.15 bits per heavy atom. The van der Waals surface area contributed by atoms with E-state index in [0.29, 0.717) is 0 Å². The third-order valence-electron chi connectivity index (χ3n) is 3.68. The molecule has 0 radical (unpaired) electrons. The monoisotopic (exact) mass is 274 g/mol. The van der Waals surface area contributed by atoms with Crippen molar-refractivity contribution >= 4 is 5.57 Å². The molecular weight excluding hydrogens is 244 g/mol. The molecule has 1 aromatic rings. The topological polar surface area (TPSA) is 9.23 Å². The molecule has 1 unspecified atom stereocenters. The molecule has 1 heteroatoms. The molecule has 0 spiro atoms. The highest BCUT2D eigenvalue weighted by Crippen LogP contribution is 2.20. The first-order valence-corrected chi connectivity index (χ1v) is 7.87. The second-order valence-corrected chi connectivity index (χ2v) is 6.38. The van der Waals surface area contributed by atoms with Crippen LogP contribution in [0.5, 0.6) is 5.75 Å². The molecule has 0 N–H and O–H groups in total. The van der Waals surface area contributed by atoms with Gasteiger partial charge in [0.05, 0.1) is 6.61 Å². The van der Waals surface area contributed by atoms with Crippen molar-refractivity contribution in [2.45, 2.75) is 53.4 Å². The zero-order valence-electron chi connectivity index (χ0n) is 13.6. The summed E-state index contributed by atoms with van der Waals surface area (Å²) >= 11 is 0. The van der Waals surface area contributed by atoms with Crippen LogP contribution in [0.15, 0.2) is 30.8 Å². The first-order valence-electron chi connectivity index (χ1n) is 7.87. The van der Waals surface area contributed by atoms with Gasteiger partial charge in [-0.05, 0) is 42.9 Å². The standard InChI is InChI=1S/C19H30O/c1-15(2)8-6-9-17(5)12-13-20-19-11-7-10-18(14-19)16(3)4/h7,10-11,14-15,17H,3,6,8-9,12-13H2,1-2,4-5H3. The second-order valence-electron chi connectivity index (χ2n) is 6.38. The van der Waals surface area contributed by atoms with Crippen molar-refractivity contribution in [3.63, 3.8) is 0 Å². The molecule has 0 saturated carbocycles. The van der Waals surface area contributed by atoms with Crippen LogP contribution >= 0.6 is 0 Å². The Hall–Kier alpha value is -1.24. The second kappa shape index (κ2) is 8.84. The number of rotatable bonds is 9. The highest BCUT2D eigenvalue weighted by molar-refractivity contribution is 5.62. The molecule has 0 aliphatic carbocycles. The third-order valence-corrected chi connectivity index (χ3v) is 3.68. The van der Waals surface area contributed by atoms with Gasteiger partial charge >= 0.3 is 0 Å². The normalized spacial score (nSPS) is 12.4. The Kier molecular flexibility index (Phi) is 7.43. The minimum Gasteiger partial charge on any atom is -0.494 e. The fraction of sp³-hybridized carbons (Fsp3) is 0.579. The van der Waals surface area contributed by atoms with Crippen molar-refractivity contribution in [1.82, 2.24) is 0 Å². The smallest absolute Gasteiger partial charge is 0.119 e. The molecular formula is C19H30O. The van der Waals surface area contributed by atoms with Crippen LogP contribution in [0.4, 0.5) is 0 Å². The summed E-state index contributed by atoms with van der Waals surface area (Å²) in [7, 11) is 0. The van der Waals surface area contributed by atoms with Gasteiger partial charge in [0.1, 0.15) is 5.75 Å². The van der Waals surface area contributed by atoms with Crippen molar-refractivity contribution in [3.8, 4) is 5.75 Å². The van der Waals surface area contributed by atoms with E-state index in [1.807, 2.05) is 19.1 Å². The Bertz CT molecular complexity index is 406. The van der Waals surface area contributed by atoms with E-state index in [4.69, 9.17) is 4.74 Å². The molecule has 1 rings (SSSR count). The first kappa shape index (κ1) is 16.8. The predicted molar refractivity (Wildman–Crippen MR) is 89.1 cm³/mol. The van der Waals surface area contributed by atoms with Crippen LogP contribution in [0.2, 0.25) is 0 Å². The van der Waals surface area contributed by atoms with Crippen molar-refractivity contribution in [1.29, 1.82) is 0 Å². The molecule has 0 aliphatic rings. The van der Waals surface area contributed by atoms with Crippen LogP contribution in [0.25, 0.3) is 5.57 Å². The lowest BCUT2D eigenvalue weighted by Gasteiger charge is -2.13. The molecule has 0 heterocycles. The molecule has 0 aliphatic heterocycles. The maximum Gasteiger partial charge on any atom is 0.119 e. The molecule has 1 atom stereocenters. The van der Waals surface area contributed by atoms with Gasteiger partial charge in [-0.15, -0.1) is 0 Å². The maximum absolute atomic E-state index is 5.85. The lowest BCUT2D eigenvalue weighted by atomic mass is 9.98. The summed E-state index contributed by atoms with van der Waals surface area (Å²) in [5, 5.41) is 0. The molecule has 1 nitrogen and oxygen atoms in total. The summed E-state index contributed by atoms with van der Waals surface area (Å²) in [5.41, 5.74) is 2.24. The van der Waals surface area contributed by atoms with E-state index in [0.717, 1.165) is 41.7 Å². The average Bonchev–Trinajstić information content (AvgIpc) is 2.38. The van der Waals surface area contributed by atoms with Gasteiger partial charge in [-0.25, -0.2) is 0 Å². The predicted octanol–water partition coefficient (Wildman–Crippen LogP) is 5.95. The largest absolute Gasteiger partial charge is 0.494 e. The Morgan fingerprint density at radius 2 is 1.90 bits per heavy atom. The van der Waals surface area contributed by atoms with E-state index in [-0.39, 0.29) is 0 Å². The minimum absolute atomic E-state index is 0.748. The lowest BCUT2D eigenvalue weighted by molar-refractivity contribution is 0.275. The van der Waals surface area contributed by atoms with Gasteiger partial charge in [-0.1, -0.05) is 64.3 Å². The van der Waals surface area contributed by atoms with Crippen molar-refractivity contribution in [2.24, 2.45) is 11.8 Å². The quantitative estimate of drug-likeness (QED) is 0.540. The fourth-order valence-corrected chi connectivity index (χ4v) is 2.25. The molecule has 0 fully saturated rings. The molecule has 0 aromatic heterocycles. The highest BCUT2D eigenvalue weighted by atomic mass is 16.5. The lowest BCUT2D eigenvalue weighted by Crippen LogP contribution is -2.05. The molecule has 0 amide bonds. The van der Waals surface area contributed by atoms with Crippen molar-refractivity contribution < 1.29 is 4.74 Å². The van der Waals surface area contributed by atoms with Gasteiger partial charge in [0.2, 0.25) is 0 Å². The highest BCUT2D eigenvalue weighted by Gasteiger charge is 2.04. The van der Waals surface area contributed by atoms with E-state index in [2.05, 4.69) is 39.5 Å². The van der Waals surface area contributed by atoms with Gasteiger partial charge in [0.25, 0.3) is 0 Å². The summed E-state index contributed by atoms with van der Waals surface area (Å²) in [5.74, 6) is 2.53. The fourth-order valence-electron chi connectivity index (χ4n) is 2.25. The zero-order chi connectivity index (χ0) is 15.0. The summed E-state index contributed by atoms with van der Waals surface area (Å²) in [6.07, 6.45) is 5.12. The van der Waals surface area contributed by atoms with Crippen LogP contribution in [0.3, 0.4) is 0 Å². The van der Waals surface area contributed by atoms with E-state index in [9.17, 15) is 0 Å². The number of ether oxygens (including phenoxy) is 1.